The van der Waals surface area contributed by atoms with Crippen molar-refractivity contribution in [2.24, 2.45) is 5.73 Å². The molecule has 2 amide bonds. The van der Waals surface area contributed by atoms with E-state index in [1.54, 1.807) is 24.4 Å². The van der Waals surface area contributed by atoms with Crippen LogP contribution in [0.4, 0.5) is 5.00 Å². The molecule has 1 atom stereocenters. The molecular weight excluding hydrogens is 332 g/mol. The number of nitrogens with one attached hydrogen (secondary N) is 1. The van der Waals surface area contributed by atoms with Crippen molar-refractivity contribution in [3.05, 3.63) is 46.3 Å². The van der Waals surface area contributed by atoms with Crippen molar-refractivity contribution < 1.29 is 24.2 Å². The number of carbonyl (C=O) groups excluding carboxylic acids is 3. The van der Waals surface area contributed by atoms with Crippen LogP contribution in [0.3, 0.4) is 0 Å². The number of phenolic OH excluding ortho intramolecular Hbond substituents is 1. The van der Waals surface area contributed by atoms with Crippen LogP contribution in [0.5, 0.6) is 5.75 Å². The molecule has 0 bridgehead atoms. The largest absolute Gasteiger partial charge is 0.507 e. The Morgan fingerprint density at radius 3 is 2.62 bits per heavy atom. The summed E-state index contributed by atoms with van der Waals surface area (Å²) in [6.45, 7) is 3.03. The Balaban J connectivity index is 2.06. The molecule has 0 spiro atoms. The zero-order valence-corrected chi connectivity index (χ0v) is 13.8. The van der Waals surface area contributed by atoms with E-state index in [-0.39, 0.29) is 21.9 Å². The van der Waals surface area contributed by atoms with E-state index < -0.39 is 23.9 Å². The highest BCUT2D eigenvalue weighted by Crippen LogP contribution is 2.24. The van der Waals surface area contributed by atoms with E-state index in [9.17, 15) is 19.5 Å². The number of hydrogen-bond acceptors (Lipinski definition) is 6. The highest BCUT2D eigenvalue weighted by molar-refractivity contribution is 7.14. The Bertz CT molecular complexity index is 800. The third-order valence-electron chi connectivity index (χ3n) is 3.28. The van der Waals surface area contributed by atoms with Gasteiger partial charge in [0.15, 0.2) is 6.10 Å². The molecule has 0 unspecified atom stereocenters. The zero-order valence-electron chi connectivity index (χ0n) is 13.0. The Morgan fingerprint density at radius 2 is 1.96 bits per heavy atom. The summed E-state index contributed by atoms with van der Waals surface area (Å²) in [5.41, 5.74) is 5.88. The number of aryl methyl sites for hydroxylation is 1. The molecule has 2 aromatic rings. The average molecular weight is 348 g/mol. The Morgan fingerprint density at radius 1 is 1.25 bits per heavy atom. The Hall–Kier alpha value is -2.87. The molecule has 0 aliphatic carbocycles. The highest BCUT2D eigenvalue weighted by atomic mass is 32.1. The smallest absolute Gasteiger partial charge is 0.342 e. The third-order valence-corrected chi connectivity index (χ3v) is 4.11. The number of carbonyl (C=O) groups is 3. The van der Waals surface area contributed by atoms with Crippen LogP contribution in [0, 0.1) is 6.92 Å². The lowest BCUT2D eigenvalue weighted by molar-refractivity contribution is -0.123. The first-order valence-electron chi connectivity index (χ1n) is 6.99. The minimum atomic E-state index is -1.12. The summed E-state index contributed by atoms with van der Waals surface area (Å²) in [5.74, 6) is -2.29. The van der Waals surface area contributed by atoms with E-state index >= 15 is 0 Å². The van der Waals surface area contributed by atoms with Crippen LogP contribution < -0.4 is 11.1 Å². The van der Waals surface area contributed by atoms with Crippen molar-refractivity contribution >= 4 is 34.1 Å². The van der Waals surface area contributed by atoms with Crippen molar-refractivity contribution in [3.63, 3.8) is 0 Å². The minimum absolute atomic E-state index is 0.0244. The van der Waals surface area contributed by atoms with Gasteiger partial charge >= 0.3 is 5.97 Å². The number of phenols is 1. The van der Waals surface area contributed by atoms with Crippen molar-refractivity contribution in [1.82, 2.24) is 0 Å². The van der Waals surface area contributed by atoms with Crippen molar-refractivity contribution in [2.45, 2.75) is 20.0 Å². The second-order valence-corrected chi connectivity index (χ2v) is 5.95. The standard InChI is InChI=1S/C16H16N2O5S/c1-8-4-3-5-10(12(8)19)16(22)23-9(2)14(21)18-15-11(13(17)20)6-7-24-15/h3-7,9,19H,1-2H3,(H2,17,20)(H,18,21)/t9-/m1/s1. The maximum Gasteiger partial charge on any atom is 0.342 e. The van der Waals surface area contributed by atoms with Crippen LogP contribution in [0.25, 0.3) is 0 Å². The molecule has 24 heavy (non-hydrogen) atoms. The third kappa shape index (κ3) is 3.72. The van der Waals surface area contributed by atoms with Crippen molar-refractivity contribution in [1.29, 1.82) is 0 Å². The SMILES string of the molecule is Cc1cccc(C(=O)O[C@H](C)C(=O)Nc2sccc2C(N)=O)c1O. The minimum Gasteiger partial charge on any atom is -0.507 e. The van der Waals surface area contributed by atoms with Crippen LogP contribution >= 0.6 is 11.3 Å². The number of amides is 2. The lowest BCUT2D eigenvalue weighted by atomic mass is 10.1. The van der Waals surface area contributed by atoms with Gasteiger partial charge in [0, 0.05) is 0 Å². The van der Waals surface area contributed by atoms with Crippen molar-refractivity contribution in [3.8, 4) is 5.75 Å². The molecule has 0 fully saturated rings. The van der Waals surface area contributed by atoms with Gasteiger partial charge in [-0.1, -0.05) is 12.1 Å². The van der Waals surface area contributed by atoms with E-state index in [0.717, 1.165) is 11.3 Å². The summed E-state index contributed by atoms with van der Waals surface area (Å²) in [4.78, 5) is 35.4. The average Bonchev–Trinajstić information content (AvgIpc) is 2.98. The number of benzene rings is 1. The fourth-order valence-corrected chi connectivity index (χ4v) is 2.71. The fraction of sp³-hybridized carbons (Fsp3) is 0.188. The quantitative estimate of drug-likeness (QED) is 0.715. The lowest BCUT2D eigenvalue weighted by Gasteiger charge is -2.14. The molecule has 1 aromatic heterocycles. The molecule has 7 nitrogen and oxygen atoms in total. The summed E-state index contributed by atoms with van der Waals surface area (Å²) >= 11 is 1.13. The molecule has 0 aliphatic heterocycles. The maximum absolute atomic E-state index is 12.1. The summed E-state index contributed by atoms with van der Waals surface area (Å²) < 4.78 is 5.06. The van der Waals surface area contributed by atoms with Gasteiger partial charge in [0.05, 0.1) is 5.56 Å². The number of thiophene rings is 1. The molecule has 126 valence electrons. The fourth-order valence-electron chi connectivity index (χ4n) is 1.91. The van der Waals surface area contributed by atoms with E-state index in [2.05, 4.69) is 5.32 Å². The predicted molar refractivity (Wildman–Crippen MR) is 89.2 cm³/mol. The molecule has 4 N–H and O–H groups in total. The van der Waals surface area contributed by atoms with Crippen LogP contribution in [0.2, 0.25) is 0 Å². The number of hydrogen-bond donors (Lipinski definition) is 3. The van der Waals surface area contributed by atoms with E-state index in [1.807, 2.05) is 0 Å². The number of primary amides is 1. The first-order chi connectivity index (χ1) is 11.3. The molecular formula is C16H16N2O5S. The topological polar surface area (TPSA) is 119 Å². The molecule has 0 radical (unpaired) electrons. The summed E-state index contributed by atoms with van der Waals surface area (Å²) in [6, 6.07) is 6.13. The van der Waals surface area contributed by atoms with Crippen LogP contribution in [0.1, 0.15) is 33.2 Å². The highest BCUT2D eigenvalue weighted by Gasteiger charge is 2.23. The summed E-state index contributed by atoms with van der Waals surface area (Å²) in [7, 11) is 0. The van der Waals surface area contributed by atoms with Gasteiger partial charge in [-0.05, 0) is 36.9 Å². The van der Waals surface area contributed by atoms with E-state index in [4.69, 9.17) is 10.5 Å². The molecule has 0 aliphatic rings. The van der Waals surface area contributed by atoms with E-state index in [0.29, 0.717) is 5.56 Å². The van der Waals surface area contributed by atoms with Gasteiger partial charge in [0.25, 0.3) is 11.8 Å². The first-order valence-corrected chi connectivity index (χ1v) is 7.87. The Labute approximate surface area is 142 Å². The molecule has 8 heteroatoms. The zero-order chi connectivity index (χ0) is 17.9. The second-order valence-electron chi connectivity index (χ2n) is 5.04. The molecule has 0 saturated carbocycles. The van der Waals surface area contributed by atoms with Gasteiger partial charge in [0.2, 0.25) is 0 Å². The number of anilines is 1. The lowest BCUT2D eigenvalue weighted by Crippen LogP contribution is -2.30. The van der Waals surface area contributed by atoms with Crippen molar-refractivity contribution in [2.75, 3.05) is 5.32 Å². The molecule has 2 rings (SSSR count). The number of rotatable bonds is 5. The first kappa shape index (κ1) is 17.5. The predicted octanol–water partition coefficient (Wildman–Crippen LogP) is 2.05. The van der Waals surface area contributed by atoms with E-state index in [1.165, 1.54) is 19.1 Å². The molecule has 0 saturated heterocycles. The second kappa shape index (κ2) is 7.14. The van der Waals surface area contributed by atoms with Gasteiger partial charge in [-0.3, -0.25) is 9.59 Å². The van der Waals surface area contributed by atoms with Gasteiger partial charge in [0.1, 0.15) is 16.3 Å². The van der Waals surface area contributed by atoms with Gasteiger partial charge < -0.3 is 20.9 Å². The molecule has 1 heterocycles. The number of para-hydroxylation sites is 1. The van der Waals surface area contributed by atoms with Gasteiger partial charge in [-0.25, -0.2) is 4.79 Å². The van der Waals surface area contributed by atoms with Crippen LogP contribution in [0.15, 0.2) is 29.6 Å². The maximum atomic E-state index is 12.1. The molecule has 1 aromatic carbocycles. The van der Waals surface area contributed by atoms with Gasteiger partial charge in [-0.15, -0.1) is 11.3 Å². The van der Waals surface area contributed by atoms with Crippen LogP contribution in [-0.4, -0.2) is 29.0 Å². The Kier molecular flexibility index (Phi) is 5.20. The number of esters is 1. The summed E-state index contributed by atoms with van der Waals surface area (Å²) in [6.07, 6.45) is -1.12. The summed E-state index contributed by atoms with van der Waals surface area (Å²) in [5, 5.41) is 14.3. The van der Waals surface area contributed by atoms with Crippen LogP contribution in [-0.2, 0) is 9.53 Å². The number of ether oxygens (including phenoxy) is 1. The normalized spacial score (nSPS) is 11.6. The monoisotopic (exact) mass is 348 g/mol. The van der Waals surface area contributed by atoms with Gasteiger partial charge in [-0.2, -0.15) is 0 Å². The number of aromatic hydroxyl groups is 1. The number of nitrogens with two attached hydrogens (primary N) is 1.